The highest BCUT2D eigenvalue weighted by molar-refractivity contribution is 7.89. The van der Waals surface area contributed by atoms with Crippen molar-refractivity contribution in [2.24, 2.45) is 11.7 Å². The van der Waals surface area contributed by atoms with E-state index in [4.69, 9.17) is 17.3 Å². The zero-order valence-electron chi connectivity index (χ0n) is 9.85. The van der Waals surface area contributed by atoms with E-state index < -0.39 is 10.0 Å². The highest BCUT2D eigenvalue weighted by atomic mass is 35.5. The highest BCUT2D eigenvalue weighted by Crippen LogP contribution is 2.16. The van der Waals surface area contributed by atoms with Gasteiger partial charge in [-0.05, 0) is 24.1 Å². The third kappa shape index (κ3) is 3.96. The van der Waals surface area contributed by atoms with Gasteiger partial charge in [0.25, 0.3) is 0 Å². The number of rotatable bonds is 5. The molecule has 0 heterocycles. The first kappa shape index (κ1) is 14.4. The van der Waals surface area contributed by atoms with Crippen molar-refractivity contribution in [1.82, 2.24) is 4.72 Å². The van der Waals surface area contributed by atoms with Crippen LogP contribution in [0.15, 0.2) is 29.2 Å². The quantitative estimate of drug-likeness (QED) is 0.858. The molecule has 0 spiro atoms. The molecule has 1 rings (SSSR count). The number of hydrogen-bond donors (Lipinski definition) is 2. The second-order valence-electron chi connectivity index (χ2n) is 4.16. The van der Waals surface area contributed by atoms with Crippen LogP contribution >= 0.6 is 11.6 Å². The van der Waals surface area contributed by atoms with Gasteiger partial charge in [-0.2, -0.15) is 0 Å². The number of nitrogens with one attached hydrogen (secondary N) is 1. The number of benzene rings is 1. The summed E-state index contributed by atoms with van der Waals surface area (Å²) in [5.41, 5.74) is 5.54. The predicted octanol–water partition coefficient (Wildman–Crippen LogP) is 1.60. The minimum absolute atomic E-state index is 0.133. The van der Waals surface area contributed by atoms with Crippen molar-refractivity contribution >= 4 is 21.6 Å². The van der Waals surface area contributed by atoms with Crippen molar-refractivity contribution in [2.45, 2.75) is 24.8 Å². The van der Waals surface area contributed by atoms with E-state index in [1.165, 1.54) is 12.1 Å². The van der Waals surface area contributed by atoms with Crippen LogP contribution in [0.4, 0.5) is 0 Å². The fraction of sp³-hybridized carbons (Fsp3) is 0.455. The molecule has 1 aromatic rings. The van der Waals surface area contributed by atoms with Crippen LogP contribution in [0.3, 0.4) is 0 Å². The lowest BCUT2D eigenvalue weighted by Crippen LogP contribution is -2.43. The van der Waals surface area contributed by atoms with Crippen LogP contribution in [0, 0.1) is 5.92 Å². The van der Waals surface area contributed by atoms with Gasteiger partial charge < -0.3 is 5.73 Å². The molecule has 4 nitrogen and oxygen atoms in total. The van der Waals surface area contributed by atoms with Gasteiger partial charge in [-0.3, -0.25) is 0 Å². The minimum Gasteiger partial charge on any atom is -0.329 e. The van der Waals surface area contributed by atoms with Gasteiger partial charge in [0, 0.05) is 17.6 Å². The summed E-state index contributed by atoms with van der Waals surface area (Å²) in [5.74, 6) is 0.133. The maximum absolute atomic E-state index is 12.0. The molecule has 1 unspecified atom stereocenters. The summed E-state index contributed by atoms with van der Waals surface area (Å²) in [4.78, 5) is 0.157. The topological polar surface area (TPSA) is 72.2 Å². The molecule has 0 aliphatic rings. The molecule has 3 N–H and O–H groups in total. The largest absolute Gasteiger partial charge is 0.329 e. The molecule has 0 amide bonds. The molecule has 17 heavy (non-hydrogen) atoms. The van der Waals surface area contributed by atoms with Gasteiger partial charge >= 0.3 is 0 Å². The van der Waals surface area contributed by atoms with E-state index in [0.717, 1.165) is 0 Å². The standard InChI is InChI=1S/C11H17ClN2O2S/c1-8(2)11(7-13)14-17(15,16)10-5-3-4-9(12)6-10/h3-6,8,11,14H,7,13H2,1-2H3. The zero-order chi connectivity index (χ0) is 13.1. The van der Waals surface area contributed by atoms with E-state index in [0.29, 0.717) is 5.02 Å². The van der Waals surface area contributed by atoms with E-state index in [2.05, 4.69) is 4.72 Å². The SMILES string of the molecule is CC(C)C(CN)NS(=O)(=O)c1cccc(Cl)c1. The van der Waals surface area contributed by atoms with Crippen molar-refractivity contribution in [3.63, 3.8) is 0 Å². The normalized spacial score (nSPS) is 13.9. The number of hydrogen-bond acceptors (Lipinski definition) is 3. The first-order valence-electron chi connectivity index (χ1n) is 5.35. The van der Waals surface area contributed by atoms with E-state index in [-0.39, 0.29) is 23.4 Å². The van der Waals surface area contributed by atoms with Crippen LogP contribution in [0.25, 0.3) is 0 Å². The average Bonchev–Trinajstić information content (AvgIpc) is 2.25. The van der Waals surface area contributed by atoms with Crippen LogP contribution in [0.5, 0.6) is 0 Å². The number of sulfonamides is 1. The molecule has 0 aliphatic carbocycles. The van der Waals surface area contributed by atoms with Crippen molar-refractivity contribution in [2.75, 3.05) is 6.54 Å². The van der Waals surface area contributed by atoms with E-state index in [1.54, 1.807) is 12.1 Å². The monoisotopic (exact) mass is 276 g/mol. The maximum atomic E-state index is 12.0. The zero-order valence-corrected chi connectivity index (χ0v) is 11.4. The van der Waals surface area contributed by atoms with Crippen LogP contribution < -0.4 is 10.5 Å². The van der Waals surface area contributed by atoms with Crippen LogP contribution in [-0.2, 0) is 10.0 Å². The average molecular weight is 277 g/mol. The molecule has 1 atom stereocenters. The molecule has 6 heteroatoms. The van der Waals surface area contributed by atoms with Crippen molar-refractivity contribution in [1.29, 1.82) is 0 Å². The third-order valence-corrected chi connectivity index (χ3v) is 4.19. The van der Waals surface area contributed by atoms with Crippen molar-refractivity contribution < 1.29 is 8.42 Å². The van der Waals surface area contributed by atoms with Crippen LogP contribution in [0.1, 0.15) is 13.8 Å². The lowest BCUT2D eigenvalue weighted by Gasteiger charge is -2.20. The summed E-state index contributed by atoms with van der Waals surface area (Å²) in [6.45, 7) is 4.09. The Balaban J connectivity index is 2.96. The third-order valence-electron chi connectivity index (χ3n) is 2.47. The highest BCUT2D eigenvalue weighted by Gasteiger charge is 2.21. The first-order chi connectivity index (χ1) is 7.86. The van der Waals surface area contributed by atoms with E-state index in [1.807, 2.05) is 13.8 Å². The first-order valence-corrected chi connectivity index (χ1v) is 7.21. The summed E-state index contributed by atoms with van der Waals surface area (Å²) in [7, 11) is -3.55. The Kier molecular flexibility index (Phi) is 4.94. The number of halogens is 1. The molecular formula is C11H17ClN2O2S. The molecule has 0 radical (unpaired) electrons. The Morgan fingerprint density at radius 3 is 2.53 bits per heavy atom. The van der Waals surface area contributed by atoms with Crippen molar-refractivity contribution in [3.05, 3.63) is 29.3 Å². The van der Waals surface area contributed by atoms with Gasteiger partial charge in [0.1, 0.15) is 0 Å². The summed E-state index contributed by atoms with van der Waals surface area (Å²) in [5, 5.41) is 0.390. The Hall–Kier alpha value is -0.620. The van der Waals surface area contributed by atoms with Gasteiger partial charge in [0.2, 0.25) is 10.0 Å². The molecule has 0 fully saturated rings. The van der Waals surface area contributed by atoms with Gasteiger partial charge in [-0.1, -0.05) is 31.5 Å². The molecule has 0 aliphatic heterocycles. The summed E-state index contributed by atoms with van der Waals surface area (Å²) >= 11 is 5.77. The summed E-state index contributed by atoms with van der Waals surface area (Å²) in [6, 6.07) is 5.87. The molecule has 96 valence electrons. The number of nitrogens with two attached hydrogens (primary N) is 1. The molecule has 0 aromatic heterocycles. The predicted molar refractivity (Wildman–Crippen MR) is 69.5 cm³/mol. The Labute approximate surface area is 107 Å². The second kappa shape index (κ2) is 5.82. The lowest BCUT2D eigenvalue weighted by molar-refractivity contribution is 0.455. The van der Waals surface area contributed by atoms with Crippen LogP contribution in [0.2, 0.25) is 5.02 Å². The van der Waals surface area contributed by atoms with Crippen molar-refractivity contribution in [3.8, 4) is 0 Å². The second-order valence-corrected chi connectivity index (χ2v) is 6.32. The molecule has 0 saturated carbocycles. The van der Waals surface area contributed by atoms with Gasteiger partial charge in [0.15, 0.2) is 0 Å². The Morgan fingerprint density at radius 1 is 1.41 bits per heavy atom. The molecule has 0 bridgehead atoms. The van der Waals surface area contributed by atoms with E-state index in [9.17, 15) is 8.42 Å². The smallest absolute Gasteiger partial charge is 0.240 e. The fourth-order valence-electron chi connectivity index (χ4n) is 1.36. The van der Waals surface area contributed by atoms with Gasteiger partial charge in [0.05, 0.1) is 4.90 Å². The summed E-state index contributed by atoms with van der Waals surface area (Å²) in [6.07, 6.45) is 0. The van der Waals surface area contributed by atoms with Crippen LogP contribution in [-0.4, -0.2) is 21.0 Å². The van der Waals surface area contributed by atoms with E-state index >= 15 is 0 Å². The molecular weight excluding hydrogens is 260 g/mol. The Bertz CT molecular complexity index is 474. The maximum Gasteiger partial charge on any atom is 0.240 e. The summed E-state index contributed by atoms with van der Waals surface area (Å²) < 4.78 is 26.6. The van der Waals surface area contributed by atoms with Gasteiger partial charge in [-0.25, -0.2) is 13.1 Å². The molecule has 0 saturated heterocycles. The fourth-order valence-corrected chi connectivity index (χ4v) is 3.06. The van der Waals surface area contributed by atoms with Gasteiger partial charge in [-0.15, -0.1) is 0 Å². The lowest BCUT2D eigenvalue weighted by atomic mass is 10.1. The minimum atomic E-state index is -3.55. The molecule has 1 aromatic carbocycles. The Morgan fingerprint density at radius 2 is 2.06 bits per heavy atom.